The highest BCUT2D eigenvalue weighted by atomic mass is 16.5. The third kappa shape index (κ3) is 5.10. The van der Waals surface area contributed by atoms with Gasteiger partial charge in [-0.15, -0.1) is 0 Å². The Hall–Kier alpha value is -2.53. The standard InChI is InChI=1S/C29H39N3O2/c1-21(2)20-34-25-10-11-26-23(17-25)13-16-31-19-24-9-6-15-32(27(24)18-28(26)31)29(33)30-14-12-22-7-4-3-5-8-22/h3-5,7-8,10-11,17,21,24,27-28H,6,9,12-16,18-20H2,1-2H3,(H,30,33)/t24-,27+,28+/m0/s1. The van der Waals surface area contributed by atoms with Crippen molar-refractivity contribution in [3.8, 4) is 5.75 Å². The molecule has 1 N–H and O–H groups in total. The van der Waals surface area contributed by atoms with Crippen molar-refractivity contribution >= 4 is 6.03 Å². The molecule has 2 amide bonds. The molecule has 0 aliphatic carbocycles. The summed E-state index contributed by atoms with van der Waals surface area (Å²) in [6, 6.07) is 17.9. The van der Waals surface area contributed by atoms with Crippen molar-refractivity contribution in [3.63, 3.8) is 0 Å². The predicted octanol–water partition coefficient (Wildman–Crippen LogP) is 5.06. The van der Waals surface area contributed by atoms with E-state index in [0.29, 0.717) is 30.5 Å². The van der Waals surface area contributed by atoms with Crippen LogP contribution in [0.15, 0.2) is 48.5 Å². The molecule has 2 aromatic carbocycles. The zero-order valence-electron chi connectivity index (χ0n) is 20.7. The summed E-state index contributed by atoms with van der Waals surface area (Å²) in [5.41, 5.74) is 4.13. The molecule has 182 valence electrons. The third-order valence-electron chi connectivity index (χ3n) is 7.81. The van der Waals surface area contributed by atoms with E-state index >= 15 is 0 Å². The fourth-order valence-corrected chi connectivity index (χ4v) is 6.10. The molecule has 5 rings (SSSR count). The number of amides is 2. The first kappa shape index (κ1) is 23.2. The summed E-state index contributed by atoms with van der Waals surface area (Å²) in [7, 11) is 0. The highest BCUT2D eigenvalue weighted by molar-refractivity contribution is 5.74. The number of nitrogens with zero attached hydrogens (tertiary/aromatic N) is 2. The Bertz CT molecular complexity index is 977. The SMILES string of the molecule is CC(C)COc1ccc2c(c1)CCN1C[C@@H]3CCCN(C(=O)NCCc4ccccc4)[C@@H]3C[C@H]21. The van der Waals surface area contributed by atoms with E-state index in [9.17, 15) is 4.79 Å². The van der Waals surface area contributed by atoms with E-state index < -0.39 is 0 Å². The molecule has 3 heterocycles. The number of nitrogens with one attached hydrogen (secondary N) is 1. The maximum atomic E-state index is 13.2. The summed E-state index contributed by atoms with van der Waals surface area (Å²) in [6.45, 7) is 8.90. The summed E-state index contributed by atoms with van der Waals surface area (Å²) in [5, 5.41) is 3.21. The van der Waals surface area contributed by atoms with Gasteiger partial charge in [-0.3, -0.25) is 4.90 Å². The molecule has 5 nitrogen and oxygen atoms in total. The number of fused-ring (bicyclic) bond motifs is 4. The van der Waals surface area contributed by atoms with Crippen molar-refractivity contribution in [2.24, 2.45) is 11.8 Å². The Labute approximate surface area is 204 Å². The number of hydrogen-bond donors (Lipinski definition) is 1. The minimum atomic E-state index is 0.118. The van der Waals surface area contributed by atoms with E-state index in [1.54, 1.807) is 0 Å². The number of hydrogen-bond acceptors (Lipinski definition) is 3. The second kappa shape index (κ2) is 10.4. The summed E-state index contributed by atoms with van der Waals surface area (Å²) in [6.07, 6.45) is 5.34. The fourth-order valence-electron chi connectivity index (χ4n) is 6.10. The lowest BCUT2D eigenvalue weighted by molar-refractivity contribution is 0.00575. The van der Waals surface area contributed by atoms with Crippen LogP contribution < -0.4 is 10.1 Å². The van der Waals surface area contributed by atoms with Gasteiger partial charge in [-0.2, -0.15) is 0 Å². The Balaban J connectivity index is 1.25. The predicted molar refractivity (Wildman–Crippen MR) is 136 cm³/mol. The van der Waals surface area contributed by atoms with Gasteiger partial charge in [-0.1, -0.05) is 50.2 Å². The van der Waals surface area contributed by atoms with Gasteiger partial charge in [-0.25, -0.2) is 4.79 Å². The van der Waals surface area contributed by atoms with E-state index in [-0.39, 0.29) is 6.03 Å². The van der Waals surface area contributed by atoms with Gasteiger partial charge in [0.15, 0.2) is 0 Å². The van der Waals surface area contributed by atoms with E-state index in [4.69, 9.17) is 4.74 Å². The molecule has 3 aliphatic rings. The molecule has 2 fully saturated rings. The van der Waals surface area contributed by atoms with Crippen LogP contribution >= 0.6 is 0 Å². The molecular weight excluding hydrogens is 422 g/mol. The van der Waals surface area contributed by atoms with Gasteiger partial charge in [-0.05, 0) is 72.8 Å². The lowest BCUT2D eigenvalue weighted by atomic mass is 9.76. The number of carbonyl (C=O) groups is 1. The number of carbonyl (C=O) groups excluding carboxylic acids is 1. The number of ether oxygens (including phenoxy) is 1. The highest BCUT2D eigenvalue weighted by Gasteiger charge is 2.43. The van der Waals surface area contributed by atoms with E-state index in [2.05, 4.69) is 71.4 Å². The van der Waals surface area contributed by atoms with Crippen LogP contribution in [0.3, 0.4) is 0 Å². The highest BCUT2D eigenvalue weighted by Crippen LogP contribution is 2.43. The van der Waals surface area contributed by atoms with Crippen molar-refractivity contribution in [2.75, 3.05) is 32.8 Å². The molecule has 0 radical (unpaired) electrons. The quantitative estimate of drug-likeness (QED) is 0.654. The maximum Gasteiger partial charge on any atom is 0.317 e. The molecule has 0 aromatic heterocycles. The fraction of sp³-hybridized carbons (Fsp3) is 0.552. The van der Waals surface area contributed by atoms with Crippen LogP contribution in [0.25, 0.3) is 0 Å². The third-order valence-corrected chi connectivity index (χ3v) is 7.81. The van der Waals surface area contributed by atoms with E-state index in [0.717, 1.165) is 57.7 Å². The van der Waals surface area contributed by atoms with Crippen LogP contribution in [0.5, 0.6) is 5.75 Å². The molecule has 0 spiro atoms. The first-order valence-electron chi connectivity index (χ1n) is 13.2. The van der Waals surface area contributed by atoms with Crippen molar-refractivity contribution in [1.82, 2.24) is 15.1 Å². The molecular formula is C29H39N3O2. The summed E-state index contributed by atoms with van der Waals surface area (Å²) >= 11 is 0. The van der Waals surface area contributed by atoms with Gasteiger partial charge < -0.3 is 15.0 Å². The van der Waals surface area contributed by atoms with E-state index in [1.165, 1.54) is 23.1 Å². The Kier molecular flexibility index (Phi) is 7.10. The monoisotopic (exact) mass is 461 g/mol. The van der Waals surface area contributed by atoms with Crippen molar-refractivity contribution in [3.05, 3.63) is 65.2 Å². The molecule has 2 saturated heterocycles. The van der Waals surface area contributed by atoms with E-state index in [1.807, 2.05) is 6.07 Å². The largest absolute Gasteiger partial charge is 0.493 e. The second-order valence-corrected chi connectivity index (χ2v) is 10.7. The number of rotatable bonds is 6. The molecule has 2 aromatic rings. The van der Waals surface area contributed by atoms with Gasteiger partial charge in [0.1, 0.15) is 5.75 Å². The molecule has 0 bridgehead atoms. The Morgan fingerprint density at radius 1 is 1.15 bits per heavy atom. The van der Waals surface area contributed by atoms with Gasteiger partial charge in [0.2, 0.25) is 0 Å². The maximum absolute atomic E-state index is 13.2. The zero-order chi connectivity index (χ0) is 23.5. The summed E-state index contributed by atoms with van der Waals surface area (Å²) in [4.78, 5) is 18.0. The van der Waals surface area contributed by atoms with Gasteiger partial charge in [0.05, 0.1) is 6.61 Å². The minimum absolute atomic E-state index is 0.118. The van der Waals surface area contributed by atoms with Crippen LogP contribution in [0.4, 0.5) is 4.79 Å². The topological polar surface area (TPSA) is 44.8 Å². The molecule has 3 aliphatic heterocycles. The first-order chi connectivity index (χ1) is 16.6. The molecule has 0 saturated carbocycles. The van der Waals surface area contributed by atoms with Crippen LogP contribution in [0.1, 0.15) is 55.8 Å². The average Bonchev–Trinajstić information content (AvgIpc) is 2.86. The van der Waals surface area contributed by atoms with Crippen LogP contribution in [0.2, 0.25) is 0 Å². The van der Waals surface area contributed by atoms with Crippen LogP contribution in [0, 0.1) is 11.8 Å². The number of urea groups is 1. The molecule has 3 atom stereocenters. The zero-order valence-corrected chi connectivity index (χ0v) is 20.7. The normalized spacial score (nSPS) is 24.2. The average molecular weight is 462 g/mol. The minimum Gasteiger partial charge on any atom is -0.493 e. The Morgan fingerprint density at radius 3 is 2.82 bits per heavy atom. The van der Waals surface area contributed by atoms with Crippen molar-refractivity contribution in [2.45, 2.75) is 58.0 Å². The second-order valence-electron chi connectivity index (χ2n) is 10.7. The van der Waals surface area contributed by atoms with Crippen LogP contribution in [-0.4, -0.2) is 54.7 Å². The van der Waals surface area contributed by atoms with Crippen LogP contribution in [-0.2, 0) is 12.8 Å². The number of likely N-dealkylation sites (tertiary alicyclic amines) is 1. The number of benzene rings is 2. The molecule has 5 heteroatoms. The first-order valence-corrected chi connectivity index (χ1v) is 13.2. The van der Waals surface area contributed by atoms with Crippen molar-refractivity contribution in [1.29, 1.82) is 0 Å². The number of piperidine rings is 2. The summed E-state index contributed by atoms with van der Waals surface area (Å²) in [5.74, 6) is 2.10. The lowest BCUT2D eigenvalue weighted by Crippen LogP contribution is -2.59. The smallest absolute Gasteiger partial charge is 0.317 e. The van der Waals surface area contributed by atoms with Crippen molar-refractivity contribution < 1.29 is 9.53 Å². The summed E-state index contributed by atoms with van der Waals surface area (Å²) < 4.78 is 6.00. The lowest BCUT2D eigenvalue weighted by Gasteiger charge is -2.52. The van der Waals surface area contributed by atoms with Gasteiger partial charge in [0, 0.05) is 38.3 Å². The van der Waals surface area contributed by atoms with Gasteiger partial charge >= 0.3 is 6.03 Å². The van der Waals surface area contributed by atoms with Gasteiger partial charge in [0.25, 0.3) is 0 Å². The Morgan fingerprint density at radius 2 is 2.00 bits per heavy atom. The molecule has 34 heavy (non-hydrogen) atoms. The molecule has 0 unspecified atom stereocenters.